The van der Waals surface area contributed by atoms with Crippen molar-refractivity contribution in [3.63, 3.8) is 0 Å². The van der Waals surface area contributed by atoms with E-state index in [2.05, 4.69) is 58.8 Å². The summed E-state index contributed by atoms with van der Waals surface area (Å²) in [5, 5.41) is -1.12. The molecular formula is C30H27F3O4S. The van der Waals surface area contributed by atoms with Crippen LogP contribution >= 0.6 is 12.0 Å². The number of allylic oxidation sites excluding steroid dienone is 3. The highest BCUT2D eigenvalue weighted by Crippen LogP contribution is 2.41. The van der Waals surface area contributed by atoms with Crippen molar-refractivity contribution in [2.75, 3.05) is 13.7 Å². The van der Waals surface area contributed by atoms with E-state index in [0.717, 1.165) is 24.7 Å². The molecule has 0 bridgehead atoms. The molecule has 38 heavy (non-hydrogen) atoms. The average molecular weight is 541 g/mol. The third-order valence-corrected chi connectivity index (χ3v) is 6.81. The van der Waals surface area contributed by atoms with Crippen molar-refractivity contribution in [1.29, 1.82) is 0 Å². The Balaban J connectivity index is 0.000000956. The molecule has 0 aromatic heterocycles. The third-order valence-electron chi connectivity index (χ3n) is 6.17. The highest BCUT2D eigenvalue weighted by atomic mass is 32.2. The molecule has 8 heteroatoms. The summed E-state index contributed by atoms with van der Waals surface area (Å²) in [7, 11) is 1.07. The van der Waals surface area contributed by atoms with Crippen LogP contribution in [0.2, 0.25) is 0 Å². The molecular weight excluding hydrogens is 513 g/mol. The van der Waals surface area contributed by atoms with Gasteiger partial charge in [0.25, 0.3) is 0 Å². The van der Waals surface area contributed by atoms with Crippen LogP contribution in [-0.4, -0.2) is 38.7 Å². The molecule has 0 N–H and O–H groups in total. The molecule has 3 aromatic carbocycles. The van der Waals surface area contributed by atoms with Crippen molar-refractivity contribution in [1.82, 2.24) is 0 Å². The molecule has 2 aliphatic rings. The van der Waals surface area contributed by atoms with Crippen LogP contribution in [0.25, 0.3) is 29.0 Å². The van der Waals surface area contributed by atoms with Gasteiger partial charge in [0.1, 0.15) is 25.9 Å². The zero-order valence-electron chi connectivity index (χ0n) is 20.7. The second kappa shape index (κ2) is 13.3. The summed E-state index contributed by atoms with van der Waals surface area (Å²) in [6, 6.07) is 15.6. The van der Waals surface area contributed by atoms with Crippen LogP contribution in [0.3, 0.4) is 0 Å². The summed E-state index contributed by atoms with van der Waals surface area (Å²) in [5.74, 6) is 0.663. The van der Waals surface area contributed by atoms with Gasteiger partial charge in [-0.05, 0) is 57.1 Å². The van der Waals surface area contributed by atoms with Gasteiger partial charge in [-0.2, -0.15) is 8.78 Å². The maximum atomic E-state index is 13.7. The van der Waals surface area contributed by atoms with Crippen LogP contribution in [-0.2, 0) is 20.2 Å². The van der Waals surface area contributed by atoms with Gasteiger partial charge < -0.3 is 18.5 Å². The summed E-state index contributed by atoms with van der Waals surface area (Å²) < 4.78 is 50.2. The van der Waals surface area contributed by atoms with Crippen LogP contribution < -0.4 is 4.74 Å². The standard InChI is InChI=1S/C28H23F3O2S.2CH2O/c1-32-34-28(30,31)25(29)17-33-23-14-6-18(7-15-23)5-8-19-9-10-22-12-11-20-3-2-4-21-13-16-24(19)27(22)26(20)21;2*1-2/h2-3,5-16,20,25H,4,17H2,1H3;2*1H2/b8-5+;;. The summed E-state index contributed by atoms with van der Waals surface area (Å²) in [6.45, 7) is 3.24. The highest BCUT2D eigenvalue weighted by Gasteiger charge is 2.42. The topological polar surface area (TPSA) is 52.6 Å². The minimum absolute atomic E-state index is 0.208. The Bertz CT molecular complexity index is 1330. The number of carbonyl (C=O) groups is 2. The predicted molar refractivity (Wildman–Crippen MR) is 148 cm³/mol. The van der Waals surface area contributed by atoms with E-state index in [4.69, 9.17) is 14.3 Å². The zero-order valence-corrected chi connectivity index (χ0v) is 21.6. The monoisotopic (exact) mass is 540 g/mol. The lowest BCUT2D eigenvalue weighted by Crippen LogP contribution is -2.31. The summed E-state index contributed by atoms with van der Waals surface area (Å²) >= 11 is -0.208. The molecule has 2 aliphatic carbocycles. The molecule has 0 spiro atoms. The van der Waals surface area contributed by atoms with Crippen LogP contribution in [0, 0.1) is 0 Å². The summed E-state index contributed by atoms with van der Waals surface area (Å²) in [4.78, 5) is 16.0. The molecule has 0 radical (unpaired) electrons. The van der Waals surface area contributed by atoms with Gasteiger partial charge in [-0.3, -0.25) is 0 Å². The number of hydrogen-bond donors (Lipinski definition) is 0. The van der Waals surface area contributed by atoms with E-state index in [-0.39, 0.29) is 12.0 Å². The average Bonchev–Trinajstić information content (AvgIpc) is 2.96. The second-order valence-electron chi connectivity index (χ2n) is 8.31. The predicted octanol–water partition coefficient (Wildman–Crippen LogP) is 7.47. The summed E-state index contributed by atoms with van der Waals surface area (Å²) in [6.07, 6.45) is 11.5. The molecule has 0 fully saturated rings. The largest absolute Gasteiger partial charge is 0.490 e. The van der Waals surface area contributed by atoms with Gasteiger partial charge in [0.2, 0.25) is 6.17 Å². The van der Waals surface area contributed by atoms with Gasteiger partial charge in [0, 0.05) is 5.92 Å². The molecule has 2 unspecified atom stereocenters. The van der Waals surface area contributed by atoms with Gasteiger partial charge in [0.05, 0.1) is 19.2 Å². The number of alkyl halides is 3. The van der Waals surface area contributed by atoms with Crippen LogP contribution in [0.4, 0.5) is 13.2 Å². The maximum Gasteiger partial charge on any atom is 0.351 e. The Labute approximate surface area is 224 Å². The molecule has 0 aliphatic heterocycles. The first-order chi connectivity index (χ1) is 18.5. The molecule has 5 rings (SSSR count). The quantitative estimate of drug-likeness (QED) is 0.169. The lowest BCUT2D eigenvalue weighted by Gasteiger charge is -2.25. The Kier molecular flexibility index (Phi) is 10.1. The minimum Gasteiger partial charge on any atom is -0.490 e. The molecule has 0 saturated heterocycles. The van der Waals surface area contributed by atoms with Gasteiger partial charge in [0.15, 0.2) is 0 Å². The second-order valence-corrected chi connectivity index (χ2v) is 9.36. The Hall–Kier alpha value is -3.62. The van der Waals surface area contributed by atoms with E-state index in [0.29, 0.717) is 11.7 Å². The van der Waals surface area contributed by atoms with Crippen molar-refractivity contribution < 1.29 is 31.7 Å². The van der Waals surface area contributed by atoms with E-state index in [1.165, 1.54) is 27.5 Å². The van der Waals surface area contributed by atoms with E-state index < -0.39 is 18.0 Å². The smallest absolute Gasteiger partial charge is 0.351 e. The lowest BCUT2D eigenvalue weighted by atomic mass is 9.78. The molecule has 0 heterocycles. The summed E-state index contributed by atoms with van der Waals surface area (Å²) in [5.41, 5.74) is 6.10. The third kappa shape index (κ3) is 6.26. The highest BCUT2D eigenvalue weighted by molar-refractivity contribution is 7.95. The Morgan fingerprint density at radius 3 is 2.47 bits per heavy atom. The Morgan fingerprint density at radius 2 is 1.76 bits per heavy atom. The fourth-order valence-corrected chi connectivity index (χ4v) is 4.90. The normalized spacial score (nSPS) is 15.8. The number of ether oxygens (including phenoxy) is 1. The maximum absolute atomic E-state index is 13.7. The lowest BCUT2D eigenvalue weighted by molar-refractivity contribution is -0.0987. The van der Waals surface area contributed by atoms with Gasteiger partial charge in [-0.25, -0.2) is 4.39 Å². The van der Waals surface area contributed by atoms with Crippen LogP contribution in [0.15, 0.2) is 66.8 Å². The first-order valence-corrected chi connectivity index (χ1v) is 12.4. The van der Waals surface area contributed by atoms with Gasteiger partial charge in [-0.1, -0.05) is 72.9 Å². The number of benzene rings is 3. The van der Waals surface area contributed by atoms with Crippen molar-refractivity contribution >= 4 is 54.6 Å². The minimum atomic E-state index is -3.67. The van der Waals surface area contributed by atoms with E-state index in [1.807, 2.05) is 31.8 Å². The Morgan fingerprint density at radius 1 is 1.03 bits per heavy atom. The zero-order chi connectivity index (χ0) is 27.7. The number of rotatable bonds is 8. The first-order valence-electron chi connectivity index (χ1n) is 11.6. The van der Waals surface area contributed by atoms with Crippen molar-refractivity contribution in [3.05, 3.63) is 94.6 Å². The van der Waals surface area contributed by atoms with Gasteiger partial charge >= 0.3 is 5.25 Å². The molecule has 3 aromatic rings. The SMILES string of the molecule is C=O.C=O.COSC(F)(F)C(F)COc1ccc(/C=C/c2ccc3c4c5c(ccc24)CC=CC5C=C3)cc1. The fraction of sp³-hybridized carbons (Fsp3) is 0.200. The van der Waals surface area contributed by atoms with E-state index >= 15 is 0 Å². The number of hydrogen-bond acceptors (Lipinski definition) is 5. The van der Waals surface area contributed by atoms with Crippen molar-refractivity contribution in [2.24, 2.45) is 0 Å². The number of carbonyl (C=O) groups excluding carboxylic acids is 2. The molecule has 4 nitrogen and oxygen atoms in total. The van der Waals surface area contributed by atoms with Gasteiger partial charge in [-0.15, -0.1) is 0 Å². The van der Waals surface area contributed by atoms with E-state index in [1.54, 1.807) is 12.1 Å². The first kappa shape index (κ1) is 28.9. The molecule has 0 amide bonds. The fourth-order valence-electron chi connectivity index (χ4n) is 4.51. The molecule has 2 atom stereocenters. The molecule has 198 valence electrons. The molecule has 0 saturated carbocycles. The number of halogens is 3. The van der Waals surface area contributed by atoms with Crippen molar-refractivity contribution in [3.8, 4) is 5.75 Å². The van der Waals surface area contributed by atoms with E-state index in [9.17, 15) is 13.2 Å². The van der Waals surface area contributed by atoms with Crippen molar-refractivity contribution in [2.45, 2.75) is 23.8 Å². The van der Waals surface area contributed by atoms with Crippen LogP contribution in [0.5, 0.6) is 5.75 Å². The van der Waals surface area contributed by atoms with Crippen LogP contribution in [0.1, 0.15) is 33.7 Å².